The number of hydrogen-bond donors (Lipinski definition) is 1. The van der Waals surface area contributed by atoms with Crippen LogP contribution in [0.3, 0.4) is 0 Å². The average Bonchev–Trinajstić information content (AvgIpc) is 2.89. The largest absolute Gasteiger partial charge is 0.343 e. The third-order valence-corrected chi connectivity index (χ3v) is 4.23. The molecule has 104 valence electrons. The topological polar surface area (TPSA) is 62.3 Å². The number of rotatable bonds is 5. The number of piperazine rings is 1. The quantitative estimate of drug-likeness (QED) is 0.886. The van der Waals surface area contributed by atoms with Gasteiger partial charge in [0.15, 0.2) is 0 Å². The van der Waals surface area contributed by atoms with E-state index in [0.717, 1.165) is 11.4 Å². The Morgan fingerprint density at radius 2 is 2.37 bits per heavy atom. The fourth-order valence-corrected chi connectivity index (χ4v) is 2.99. The van der Waals surface area contributed by atoms with E-state index in [1.807, 2.05) is 19.2 Å². The number of nitrogens with one attached hydrogen (secondary N) is 1. The number of carbonyl (C=O) groups excluding carboxylic acids is 2. The summed E-state index contributed by atoms with van der Waals surface area (Å²) in [6.45, 7) is 4.76. The van der Waals surface area contributed by atoms with E-state index < -0.39 is 0 Å². The van der Waals surface area contributed by atoms with E-state index in [2.05, 4.69) is 10.3 Å². The van der Waals surface area contributed by atoms with Gasteiger partial charge in [0.25, 0.3) is 0 Å². The summed E-state index contributed by atoms with van der Waals surface area (Å²) in [7, 11) is 0. The average molecular weight is 281 g/mol. The highest BCUT2D eigenvalue weighted by molar-refractivity contribution is 7.09. The maximum Gasteiger partial charge on any atom is 0.245 e. The van der Waals surface area contributed by atoms with Crippen LogP contribution in [-0.4, -0.2) is 40.8 Å². The van der Waals surface area contributed by atoms with Crippen molar-refractivity contribution in [3.8, 4) is 0 Å². The second-order valence-electron chi connectivity index (χ2n) is 4.90. The molecule has 2 heterocycles. The van der Waals surface area contributed by atoms with E-state index in [4.69, 9.17) is 0 Å². The van der Waals surface area contributed by atoms with Crippen LogP contribution < -0.4 is 5.32 Å². The number of aromatic nitrogens is 1. The maximum atomic E-state index is 12.3. The Balaban J connectivity index is 2.02. The summed E-state index contributed by atoms with van der Waals surface area (Å²) in [4.78, 5) is 29.8. The fourth-order valence-electron chi connectivity index (χ4n) is 2.30. The molecule has 1 aliphatic heterocycles. The first-order chi connectivity index (χ1) is 9.11. The van der Waals surface area contributed by atoms with Crippen molar-refractivity contribution in [2.45, 2.75) is 38.6 Å². The van der Waals surface area contributed by atoms with E-state index in [9.17, 15) is 9.59 Å². The first-order valence-electron chi connectivity index (χ1n) is 6.59. The van der Waals surface area contributed by atoms with Gasteiger partial charge >= 0.3 is 0 Å². The summed E-state index contributed by atoms with van der Waals surface area (Å²) < 4.78 is 0. The molecule has 0 bridgehead atoms. The zero-order valence-electron chi connectivity index (χ0n) is 11.3. The van der Waals surface area contributed by atoms with Gasteiger partial charge in [-0.05, 0) is 6.42 Å². The van der Waals surface area contributed by atoms with Gasteiger partial charge in [0.1, 0.15) is 6.04 Å². The van der Waals surface area contributed by atoms with Gasteiger partial charge in [0.05, 0.1) is 11.6 Å². The van der Waals surface area contributed by atoms with Crippen LogP contribution in [0, 0.1) is 0 Å². The molecule has 2 atom stereocenters. The molecule has 1 N–H and O–H groups in total. The molecule has 0 spiro atoms. The standard InChI is InChI=1S/C13H19N3O2S/c1-3-4-10-13(18)16(8-11(17)15-10)7-9(2)12-14-5-6-19-12/h5-6,9-10H,3-4,7-8H2,1-2H3,(H,15,17). The Morgan fingerprint density at radius 1 is 1.58 bits per heavy atom. The highest BCUT2D eigenvalue weighted by Gasteiger charge is 2.32. The summed E-state index contributed by atoms with van der Waals surface area (Å²) in [6.07, 6.45) is 3.35. The molecule has 2 amide bonds. The van der Waals surface area contributed by atoms with Crippen molar-refractivity contribution in [3.63, 3.8) is 0 Å². The third-order valence-electron chi connectivity index (χ3n) is 3.22. The van der Waals surface area contributed by atoms with Gasteiger partial charge in [-0.2, -0.15) is 0 Å². The van der Waals surface area contributed by atoms with E-state index in [-0.39, 0.29) is 30.3 Å². The van der Waals surface area contributed by atoms with E-state index in [0.29, 0.717) is 13.0 Å². The lowest BCUT2D eigenvalue weighted by atomic mass is 10.1. The zero-order valence-corrected chi connectivity index (χ0v) is 12.1. The highest BCUT2D eigenvalue weighted by atomic mass is 32.1. The minimum absolute atomic E-state index is 0.0323. The van der Waals surface area contributed by atoms with Gasteiger partial charge in [0, 0.05) is 24.0 Å². The van der Waals surface area contributed by atoms with Crippen LogP contribution in [0.4, 0.5) is 0 Å². The van der Waals surface area contributed by atoms with Crippen molar-refractivity contribution in [1.82, 2.24) is 15.2 Å². The molecule has 1 saturated heterocycles. The normalized spacial score (nSPS) is 21.4. The van der Waals surface area contributed by atoms with Crippen LogP contribution in [0.2, 0.25) is 0 Å². The predicted octanol–water partition coefficient (Wildman–Crippen LogP) is 1.37. The van der Waals surface area contributed by atoms with Crippen molar-refractivity contribution in [3.05, 3.63) is 16.6 Å². The van der Waals surface area contributed by atoms with Crippen LogP contribution >= 0.6 is 11.3 Å². The molecule has 1 aliphatic rings. The molecule has 6 heteroatoms. The van der Waals surface area contributed by atoms with E-state index >= 15 is 0 Å². The maximum absolute atomic E-state index is 12.3. The minimum atomic E-state index is -0.352. The fraction of sp³-hybridized carbons (Fsp3) is 0.615. The molecule has 0 aromatic carbocycles. The summed E-state index contributed by atoms with van der Waals surface area (Å²) in [5.74, 6) is 0.131. The molecule has 1 aromatic heterocycles. The van der Waals surface area contributed by atoms with Crippen molar-refractivity contribution >= 4 is 23.2 Å². The summed E-state index contributed by atoms with van der Waals surface area (Å²) in [5, 5.41) is 5.69. The second kappa shape index (κ2) is 6.14. The summed E-state index contributed by atoms with van der Waals surface area (Å²) >= 11 is 1.58. The van der Waals surface area contributed by atoms with Crippen LogP contribution in [0.25, 0.3) is 0 Å². The highest BCUT2D eigenvalue weighted by Crippen LogP contribution is 2.20. The molecule has 0 aliphatic carbocycles. The zero-order chi connectivity index (χ0) is 13.8. The number of hydrogen-bond acceptors (Lipinski definition) is 4. The van der Waals surface area contributed by atoms with Gasteiger partial charge in [-0.3, -0.25) is 9.59 Å². The summed E-state index contributed by atoms with van der Waals surface area (Å²) in [6, 6.07) is -0.352. The molecule has 1 fully saturated rings. The molecule has 19 heavy (non-hydrogen) atoms. The smallest absolute Gasteiger partial charge is 0.245 e. The molecular formula is C13H19N3O2S. The van der Waals surface area contributed by atoms with Crippen LogP contribution in [-0.2, 0) is 9.59 Å². The summed E-state index contributed by atoms with van der Waals surface area (Å²) in [5.41, 5.74) is 0. The Bertz CT molecular complexity index is 447. The van der Waals surface area contributed by atoms with Crippen molar-refractivity contribution in [2.24, 2.45) is 0 Å². The number of carbonyl (C=O) groups is 2. The van der Waals surface area contributed by atoms with Crippen LogP contribution in [0.1, 0.15) is 37.6 Å². The van der Waals surface area contributed by atoms with E-state index in [1.165, 1.54) is 0 Å². The Kier molecular flexibility index (Phi) is 4.52. The van der Waals surface area contributed by atoms with Gasteiger partial charge in [-0.15, -0.1) is 11.3 Å². The minimum Gasteiger partial charge on any atom is -0.343 e. The van der Waals surface area contributed by atoms with Crippen LogP contribution in [0.15, 0.2) is 11.6 Å². The van der Waals surface area contributed by atoms with E-state index in [1.54, 1.807) is 22.4 Å². The van der Waals surface area contributed by atoms with Crippen molar-refractivity contribution < 1.29 is 9.59 Å². The number of thiazole rings is 1. The van der Waals surface area contributed by atoms with Gasteiger partial charge in [-0.25, -0.2) is 4.98 Å². The molecule has 2 rings (SSSR count). The molecule has 0 radical (unpaired) electrons. The van der Waals surface area contributed by atoms with Gasteiger partial charge < -0.3 is 10.2 Å². The SMILES string of the molecule is CCCC1NC(=O)CN(CC(C)c2nccs2)C1=O. The Hall–Kier alpha value is -1.43. The van der Waals surface area contributed by atoms with Crippen molar-refractivity contribution in [2.75, 3.05) is 13.1 Å². The lowest BCUT2D eigenvalue weighted by molar-refractivity contribution is -0.144. The van der Waals surface area contributed by atoms with Gasteiger partial charge in [-0.1, -0.05) is 20.3 Å². The van der Waals surface area contributed by atoms with Crippen molar-refractivity contribution in [1.29, 1.82) is 0 Å². The lowest BCUT2D eigenvalue weighted by Gasteiger charge is -2.33. The second-order valence-corrected chi connectivity index (χ2v) is 5.83. The number of amides is 2. The predicted molar refractivity (Wildman–Crippen MR) is 73.9 cm³/mol. The first-order valence-corrected chi connectivity index (χ1v) is 7.47. The molecule has 5 nitrogen and oxygen atoms in total. The Morgan fingerprint density at radius 3 is 3.00 bits per heavy atom. The molecule has 1 aromatic rings. The Labute approximate surface area is 117 Å². The third kappa shape index (κ3) is 3.32. The van der Waals surface area contributed by atoms with Gasteiger partial charge in [0.2, 0.25) is 11.8 Å². The van der Waals surface area contributed by atoms with Crippen LogP contribution in [0.5, 0.6) is 0 Å². The molecule has 2 unspecified atom stereocenters. The molecule has 0 saturated carbocycles. The lowest BCUT2D eigenvalue weighted by Crippen LogP contribution is -2.58. The molecular weight excluding hydrogens is 262 g/mol. The first kappa shape index (κ1) is 14.0. The monoisotopic (exact) mass is 281 g/mol. The number of nitrogens with zero attached hydrogens (tertiary/aromatic N) is 2.